The van der Waals surface area contributed by atoms with Crippen LogP contribution in [-0.2, 0) is 0 Å². The zero-order valence-corrected chi connectivity index (χ0v) is 12.7. The molecule has 23 heavy (non-hydrogen) atoms. The SMILES string of the molecule is NC(=O)c1ccc(C(=O)N2CCN(c3ccccn3)CC2)cc1. The Balaban J connectivity index is 1.63. The van der Waals surface area contributed by atoms with Crippen LogP contribution in [0.1, 0.15) is 20.7 Å². The van der Waals surface area contributed by atoms with Gasteiger partial charge in [0.1, 0.15) is 5.82 Å². The Bertz CT molecular complexity index is 692. The standard InChI is InChI=1S/C17H18N4O2/c18-16(22)13-4-6-14(7-5-13)17(23)21-11-9-20(10-12-21)15-3-1-2-8-19-15/h1-8H,9-12H2,(H2,18,22). The van der Waals surface area contributed by atoms with E-state index in [9.17, 15) is 9.59 Å². The van der Waals surface area contributed by atoms with Gasteiger partial charge in [0.25, 0.3) is 5.91 Å². The molecule has 0 spiro atoms. The lowest BCUT2D eigenvalue weighted by molar-refractivity contribution is 0.0746. The van der Waals surface area contributed by atoms with Crippen LogP contribution in [0.15, 0.2) is 48.7 Å². The molecule has 2 amide bonds. The van der Waals surface area contributed by atoms with E-state index in [0.29, 0.717) is 24.2 Å². The van der Waals surface area contributed by atoms with E-state index in [1.807, 2.05) is 23.1 Å². The van der Waals surface area contributed by atoms with Crippen molar-refractivity contribution in [2.24, 2.45) is 5.73 Å². The van der Waals surface area contributed by atoms with Gasteiger partial charge in [-0.1, -0.05) is 6.07 Å². The van der Waals surface area contributed by atoms with Gasteiger partial charge in [-0.15, -0.1) is 0 Å². The van der Waals surface area contributed by atoms with Gasteiger partial charge in [0, 0.05) is 43.5 Å². The molecule has 0 bridgehead atoms. The first-order chi connectivity index (χ1) is 11.1. The molecule has 1 aliphatic rings. The second-order valence-corrected chi connectivity index (χ2v) is 5.41. The number of piperazine rings is 1. The van der Waals surface area contributed by atoms with E-state index in [2.05, 4.69) is 9.88 Å². The van der Waals surface area contributed by atoms with Gasteiger partial charge in [-0.2, -0.15) is 0 Å². The van der Waals surface area contributed by atoms with E-state index >= 15 is 0 Å². The highest BCUT2D eigenvalue weighted by molar-refractivity contribution is 5.97. The predicted molar refractivity (Wildman–Crippen MR) is 87.3 cm³/mol. The minimum Gasteiger partial charge on any atom is -0.366 e. The van der Waals surface area contributed by atoms with E-state index in [1.165, 1.54) is 0 Å². The Hall–Kier alpha value is -2.89. The molecular weight excluding hydrogens is 292 g/mol. The largest absolute Gasteiger partial charge is 0.366 e. The molecule has 0 unspecified atom stereocenters. The quantitative estimate of drug-likeness (QED) is 0.922. The summed E-state index contributed by atoms with van der Waals surface area (Å²) in [5.41, 5.74) is 6.18. The number of nitrogens with zero attached hydrogens (tertiary/aromatic N) is 3. The Morgan fingerprint density at radius 2 is 1.57 bits per heavy atom. The molecule has 0 radical (unpaired) electrons. The number of rotatable bonds is 3. The van der Waals surface area contributed by atoms with Crippen LogP contribution in [0.2, 0.25) is 0 Å². The van der Waals surface area contributed by atoms with Gasteiger partial charge in [0.2, 0.25) is 5.91 Å². The number of aromatic nitrogens is 1. The molecule has 2 N–H and O–H groups in total. The molecule has 1 fully saturated rings. The first-order valence-corrected chi connectivity index (χ1v) is 7.50. The Morgan fingerprint density at radius 1 is 0.913 bits per heavy atom. The Labute approximate surface area is 134 Å². The van der Waals surface area contributed by atoms with Crippen LogP contribution in [0.25, 0.3) is 0 Å². The van der Waals surface area contributed by atoms with Crippen molar-refractivity contribution in [3.8, 4) is 0 Å². The van der Waals surface area contributed by atoms with Crippen molar-refractivity contribution in [2.75, 3.05) is 31.1 Å². The molecule has 0 aliphatic carbocycles. The maximum atomic E-state index is 12.5. The van der Waals surface area contributed by atoms with E-state index in [4.69, 9.17) is 5.73 Å². The lowest BCUT2D eigenvalue weighted by Gasteiger charge is -2.35. The Morgan fingerprint density at radius 3 is 2.13 bits per heavy atom. The first-order valence-electron chi connectivity index (χ1n) is 7.50. The van der Waals surface area contributed by atoms with E-state index < -0.39 is 5.91 Å². The number of primary amides is 1. The molecular formula is C17H18N4O2. The van der Waals surface area contributed by atoms with Crippen molar-refractivity contribution in [3.05, 3.63) is 59.8 Å². The second-order valence-electron chi connectivity index (χ2n) is 5.41. The number of pyridine rings is 1. The highest BCUT2D eigenvalue weighted by atomic mass is 16.2. The fourth-order valence-electron chi connectivity index (χ4n) is 2.64. The van der Waals surface area contributed by atoms with Crippen LogP contribution in [-0.4, -0.2) is 47.9 Å². The van der Waals surface area contributed by atoms with Gasteiger partial charge < -0.3 is 15.5 Å². The van der Waals surface area contributed by atoms with Gasteiger partial charge in [-0.3, -0.25) is 9.59 Å². The number of anilines is 1. The third-order valence-corrected chi connectivity index (χ3v) is 3.96. The van der Waals surface area contributed by atoms with E-state index in [-0.39, 0.29) is 5.91 Å². The third-order valence-electron chi connectivity index (χ3n) is 3.96. The topological polar surface area (TPSA) is 79.5 Å². The molecule has 1 aromatic heterocycles. The smallest absolute Gasteiger partial charge is 0.253 e. The normalized spacial score (nSPS) is 14.6. The lowest BCUT2D eigenvalue weighted by Crippen LogP contribution is -2.49. The zero-order valence-electron chi connectivity index (χ0n) is 12.7. The number of hydrogen-bond acceptors (Lipinski definition) is 4. The molecule has 6 nitrogen and oxygen atoms in total. The number of carbonyl (C=O) groups is 2. The summed E-state index contributed by atoms with van der Waals surface area (Å²) in [7, 11) is 0. The fraction of sp³-hybridized carbons (Fsp3) is 0.235. The number of carbonyl (C=O) groups excluding carboxylic acids is 2. The summed E-state index contributed by atoms with van der Waals surface area (Å²) in [5.74, 6) is 0.417. The number of benzene rings is 1. The maximum absolute atomic E-state index is 12.5. The van der Waals surface area contributed by atoms with Crippen LogP contribution >= 0.6 is 0 Å². The highest BCUT2D eigenvalue weighted by Crippen LogP contribution is 2.15. The first kappa shape index (κ1) is 15.0. The van der Waals surface area contributed by atoms with Gasteiger partial charge in [-0.05, 0) is 36.4 Å². The monoisotopic (exact) mass is 310 g/mol. The summed E-state index contributed by atoms with van der Waals surface area (Å²) in [6.07, 6.45) is 1.77. The fourth-order valence-corrected chi connectivity index (χ4v) is 2.64. The molecule has 118 valence electrons. The molecule has 6 heteroatoms. The predicted octanol–water partition coefficient (Wildman–Crippen LogP) is 1.14. The minimum atomic E-state index is -0.493. The molecule has 3 rings (SSSR count). The van der Waals surface area contributed by atoms with Crippen LogP contribution < -0.4 is 10.6 Å². The average Bonchev–Trinajstić information content (AvgIpc) is 2.62. The van der Waals surface area contributed by atoms with Gasteiger partial charge in [0.05, 0.1) is 0 Å². The van der Waals surface area contributed by atoms with Gasteiger partial charge in [0.15, 0.2) is 0 Å². The molecule has 2 aromatic rings. The van der Waals surface area contributed by atoms with Crippen molar-refractivity contribution in [1.82, 2.24) is 9.88 Å². The summed E-state index contributed by atoms with van der Waals surface area (Å²) in [6.45, 7) is 2.80. The summed E-state index contributed by atoms with van der Waals surface area (Å²) in [5, 5.41) is 0. The van der Waals surface area contributed by atoms with Crippen molar-refractivity contribution in [1.29, 1.82) is 0 Å². The van der Waals surface area contributed by atoms with Gasteiger partial charge >= 0.3 is 0 Å². The maximum Gasteiger partial charge on any atom is 0.253 e. The highest BCUT2D eigenvalue weighted by Gasteiger charge is 2.22. The molecule has 1 aliphatic heterocycles. The number of amides is 2. The minimum absolute atomic E-state index is 0.0262. The van der Waals surface area contributed by atoms with Crippen molar-refractivity contribution in [3.63, 3.8) is 0 Å². The van der Waals surface area contributed by atoms with Crippen LogP contribution in [0, 0.1) is 0 Å². The van der Waals surface area contributed by atoms with Crippen molar-refractivity contribution in [2.45, 2.75) is 0 Å². The summed E-state index contributed by atoms with van der Waals surface area (Å²) >= 11 is 0. The van der Waals surface area contributed by atoms with Crippen LogP contribution in [0.3, 0.4) is 0 Å². The summed E-state index contributed by atoms with van der Waals surface area (Å²) in [4.78, 5) is 31.9. The Kier molecular flexibility index (Phi) is 4.23. The second kappa shape index (κ2) is 6.48. The lowest BCUT2D eigenvalue weighted by atomic mass is 10.1. The number of nitrogens with two attached hydrogens (primary N) is 1. The molecule has 2 heterocycles. The third kappa shape index (κ3) is 3.31. The van der Waals surface area contributed by atoms with Gasteiger partial charge in [-0.25, -0.2) is 4.98 Å². The molecule has 0 saturated carbocycles. The molecule has 0 atom stereocenters. The number of hydrogen-bond donors (Lipinski definition) is 1. The molecule has 1 saturated heterocycles. The van der Waals surface area contributed by atoms with Crippen molar-refractivity contribution < 1.29 is 9.59 Å². The van der Waals surface area contributed by atoms with Crippen LogP contribution in [0.5, 0.6) is 0 Å². The summed E-state index contributed by atoms with van der Waals surface area (Å²) < 4.78 is 0. The van der Waals surface area contributed by atoms with E-state index in [0.717, 1.165) is 18.9 Å². The molecule has 1 aromatic carbocycles. The summed E-state index contributed by atoms with van der Waals surface area (Å²) in [6, 6.07) is 12.3. The van der Waals surface area contributed by atoms with Crippen LogP contribution in [0.4, 0.5) is 5.82 Å². The van der Waals surface area contributed by atoms with E-state index in [1.54, 1.807) is 30.5 Å². The van der Waals surface area contributed by atoms with Crippen molar-refractivity contribution >= 4 is 17.6 Å². The zero-order chi connectivity index (χ0) is 16.2. The average molecular weight is 310 g/mol.